The molecule has 2 nitrogen and oxygen atoms in total. The summed E-state index contributed by atoms with van der Waals surface area (Å²) in [4.78, 5) is 2.59. The predicted octanol–water partition coefficient (Wildman–Crippen LogP) is 3.33. The van der Waals surface area contributed by atoms with Gasteiger partial charge < -0.3 is 9.64 Å². The van der Waals surface area contributed by atoms with Crippen LogP contribution in [-0.4, -0.2) is 30.1 Å². The Morgan fingerprint density at radius 1 is 1.06 bits per heavy atom. The van der Waals surface area contributed by atoms with Crippen molar-refractivity contribution in [2.75, 3.05) is 7.05 Å². The van der Waals surface area contributed by atoms with Crippen LogP contribution in [0.5, 0.6) is 5.75 Å². The lowest BCUT2D eigenvalue weighted by Gasteiger charge is -2.26. The van der Waals surface area contributed by atoms with Gasteiger partial charge in [-0.05, 0) is 44.4 Å². The first kappa shape index (κ1) is 12.0. The van der Waals surface area contributed by atoms with E-state index >= 15 is 0 Å². The van der Waals surface area contributed by atoms with Crippen molar-refractivity contribution in [3.05, 3.63) is 30.3 Å². The van der Waals surface area contributed by atoms with Crippen molar-refractivity contribution in [3.63, 3.8) is 0 Å². The molecule has 1 aromatic rings. The third kappa shape index (κ3) is 2.26. The Balaban J connectivity index is 1.72. The number of fused-ring (bicyclic) bond motifs is 2. The van der Waals surface area contributed by atoms with Crippen LogP contribution in [0.15, 0.2) is 30.3 Å². The summed E-state index contributed by atoms with van der Waals surface area (Å²) in [6.45, 7) is 2.35. The van der Waals surface area contributed by atoms with E-state index < -0.39 is 0 Å². The molecule has 0 saturated carbocycles. The van der Waals surface area contributed by atoms with Crippen LogP contribution >= 0.6 is 0 Å². The smallest absolute Gasteiger partial charge is 0.119 e. The number of para-hydroxylation sites is 1. The molecule has 2 heterocycles. The molecule has 0 N–H and O–H groups in total. The Morgan fingerprint density at radius 2 is 1.72 bits per heavy atom. The van der Waals surface area contributed by atoms with Gasteiger partial charge in [0.05, 0.1) is 0 Å². The Labute approximate surface area is 110 Å². The van der Waals surface area contributed by atoms with Crippen molar-refractivity contribution >= 4 is 0 Å². The number of benzene rings is 1. The van der Waals surface area contributed by atoms with E-state index in [2.05, 4.69) is 43.1 Å². The molecule has 0 radical (unpaired) electrons. The maximum absolute atomic E-state index is 6.22. The number of ether oxygens (including phenoxy) is 1. The van der Waals surface area contributed by atoms with Crippen molar-refractivity contribution in [3.8, 4) is 5.75 Å². The van der Waals surface area contributed by atoms with Crippen molar-refractivity contribution < 1.29 is 4.74 Å². The quantitative estimate of drug-likeness (QED) is 0.792. The zero-order chi connectivity index (χ0) is 12.5. The Morgan fingerprint density at radius 3 is 2.44 bits per heavy atom. The largest absolute Gasteiger partial charge is 0.490 e. The number of rotatable bonds is 2. The standard InChI is InChI=1S/C16H23NO/c1-12-10-13-8-9-14(17(13)2)11-16(12)18-15-6-4-3-5-7-15/h3-7,12-14,16H,8-11H2,1-2H3. The zero-order valence-electron chi connectivity index (χ0n) is 11.4. The van der Waals surface area contributed by atoms with Crippen molar-refractivity contribution in [2.24, 2.45) is 5.92 Å². The average Bonchev–Trinajstić information content (AvgIpc) is 2.65. The first-order chi connectivity index (χ1) is 8.74. The molecule has 0 spiro atoms. The van der Waals surface area contributed by atoms with E-state index in [1.54, 1.807) is 0 Å². The molecule has 4 unspecified atom stereocenters. The van der Waals surface area contributed by atoms with E-state index in [4.69, 9.17) is 4.74 Å². The van der Waals surface area contributed by atoms with Crippen molar-refractivity contribution in [2.45, 2.75) is 50.8 Å². The summed E-state index contributed by atoms with van der Waals surface area (Å²) in [7, 11) is 2.29. The van der Waals surface area contributed by atoms with Crippen LogP contribution in [0.2, 0.25) is 0 Å². The van der Waals surface area contributed by atoms with Crippen LogP contribution in [0.4, 0.5) is 0 Å². The van der Waals surface area contributed by atoms with E-state index in [0.717, 1.165) is 17.8 Å². The van der Waals surface area contributed by atoms with Crippen LogP contribution in [0.25, 0.3) is 0 Å². The minimum Gasteiger partial charge on any atom is -0.490 e. The van der Waals surface area contributed by atoms with Crippen LogP contribution in [-0.2, 0) is 0 Å². The van der Waals surface area contributed by atoms with Crippen LogP contribution < -0.4 is 4.74 Å². The first-order valence-corrected chi connectivity index (χ1v) is 7.17. The fraction of sp³-hybridized carbons (Fsp3) is 0.625. The monoisotopic (exact) mass is 245 g/mol. The Kier molecular flexibility index (Phi) is 3.29. The van der Waals surface area contributed by atoms with Gasteiger partial charge in [0.15, 0.2) is 0 Å². The van der Waals surface area contributed by atoms with E-state index in [0.29, 0.717) is 12.0 Å². The Hall–Kier alpha value is -1.02. The van der Waals surface area contributed by atoms with E-state index in [1.807, 2.05) is 6.07 Å². The lowest BCUT2D eigenvalue weighted by molar-refractivity contribution is 0.121. The third-order valence-corrected chi connectivity index (χ3v) is 4.80. The fourth-order valence-electron chi connectivity index (χ4n) is 3.58. The highest BCUT2D eigenvalue weighted by Gasteiger charge is 2.39. The van der Waals surface area contributed by atoms with Crippen LogP contribution in [0, 0.1) is 5.92 Å². The Bertz CT molecular complexity index is 391. The van der Waals surface area contributed by atoms with Gasteiger partial charge in [-0.2, -0.15) is 0 Å². The minimum absolute atomic E-state index is 0.380. The second-order valence-electron chi connectivity index (χ2n) is 5.97. The molecule has 0 amide bonds. The van der Waals surface area contributed by atoms with Gasteiger partial charge in [0.25, 0.3) is 0 Å². The first-order valence-electron chi connectivity index (χ1n) is 7.17. The summed E-state index contributed by atoms with van der Waals surface area (Å²) in [5.41, 5.74) is 0. The van der Waals surface area contributed by atoms with Gasteiger partial charge in [0, 0.05) is 18.5 Å². The van der Waals surface area contributed by atoms with Gasteiger partial charge in [-0.1, -0.05) is 25.1 Å². The van der Waals surface area contributed by atoms with E-state index in [-0.39, 0.29) is 0 Å². The SMILES string of the molecule is CC1CC2CCC(CC1Oc1ccccc1)N2C. The van der Waals surface area contributed by atoms with Gasteiger partial charge in [-0.3, -0.25) is 0 Å². The highest BCUT2D eigenvalue weighted by molar-refractivity contribution is 5.21. The van der Waals surface area contributed by atoms with Crippen molar-refractivity contribution in [1.82, 2.24) is 4.90 Å². The second kappa shape index (κ2) is 4.93. The molecule has 3 rings (SSSR count). The summed E-state index contributed by atoms with van der Waals surface area (Å²) >= 11 is 0. The molecule has 2 aliphatic heterocycles. The fourth-order valence-corrected chi connectivity index (χ4v) is 3.58. The molecular weight excluding hydrogens is 222 g/mol. The summed E-state index contributed by atoms with van der Waals surface area (Å²) < 4.78 is 6.22. The van der Waals surface area contributed by atoms with E-state index in [1.165, 1.54) is 25.7 Å². The van der Waals surface area contributed by atoms with Gasteiger partial charge in [0.2, 0.25) is 0 Å². The second-order valence-corrected chi connectivity index (χ2v) is 5.97. The summed E-state index contributed by atoms with van der Waals surface area (Å²) in [6, 6.07) is 11.8. The molecule has 2 saturated heterocycles. The summed E-state index contributed by atoms with van der Waals surface area (Å²) in [5, 5.41) is 0. The van der Waals surface area contributed by atoms with Crippen LogP contribution in [0.1, 0.15) is 32.6 Å². The lowest BCUT2D eigenvalue weighted by atomic mass is 9.90. The molecule has 4 atom stereocenters. The summed E-state index contributed by atoms with van der Waals surface area (Å²) in [6.07, 6.45) is 5.57. The molecule has 2 bridgehead atoms. The topological polar surface area (TPSA) is 12.5 Å². The molecule has 1 aromatic carbocycles. The van der Waals surface area contributed by atoms with Gasteiger partial charge >= 0.3 is 0 Å². The molecule has 0 aliphatic carbocycles. The zero-order valence-corrected chi connectivity index (χ0v) is 11.4. The molecule has 2 heteroatoms. The highest BCUT2D eigenvalue weighted by Crippen LogP contribution is 2.37. The maximum atomic E-state index is 6.22. The molecule has 2 aliphatic rings. The number of hydrogen-bond donors (Lipinski definition) is 0. The van der Waals surface area contributed by atoms with Gasteiger partial charge in [0.1, 0.15) is 11.9 Å². The molecule has 2 fully saturated rings. The molecular formula is C16H23NO. The normalized spacial score (nSPS) is 36.3. The highest BCUT2D eigenvalue weighted by atomic mass is 16.5. The predicted molar refractivity (Wildman–Crippen MR) is 73.8 cm³/mol. The van der Waals surface area contributed by atoms with Crippen LogP contribution in [0.3, 0.4) is 0 Å². The third-order valence-electron chi connectivity index (χ3n) is 4.80. The van der Waals surface area contributed by atoms with Crippen molar-refractivity contribution in [1.29, 1.82) is 0 Å². The van der Waals surface area contributed by atoms with Gasteiger partial charge in [-0.15, -0.1) is 0 Å². The molecule has 18 heavy (non-hydrogen) atoms. The number of nitrogens with zero attached hydrogens (tertiary/aromatic N) is 1. The summed E-state index contributed by atoms with van der Waals surface area (Å²) in [5.74, 6) is 1.68. The molecule has 98 valence electrons. The lowest BCUT2D eigenvalue weighted by Crippen LogP contribution is -2.31. The molecule has 0 aromatic heterocycles. The van der Waals surface area contributed by atoms with Gasteiger partial charge in [-0.25, -0.2) is 0 Å². The van der Waals surface area contributed by atoms with E-state index in [9.17, 15) is 0 Å². The average molecular weight is 245 g/mol. The maximum Gasteiger partial charge on any atom is 0.119 e. The minimum atomic E-state index is 0.380. The number of hydrogen-bond acceptors (Lipinski definition) is 2.